The van der Waals surface area contributed by atoms with Crippen molar-refractivity contribution in [2.45, 2.75) is 63.7 Å². The Balaban J connectivity index is 1.81. The molecule has 0 N–H and O–H groups in total. The molecule has 0 radical (unpaired) electrons. The van der Waals surface area contributed by atoms with Crippen molar-refractivity contribution in [3.05, 3.63) is 46.5 Å². The molecular formula is C20H24O. The fourth-order valence-corrected chi connectivity index (χ4v) is 5.05. The quantitative estimate of drug-likeness (QED) is 0.744. The first kappa shape index (κ1) is 13.3. The van der Waals surface area contributed by atoms with Crippen molar-refractivity contribution in [2.75, 3.05) is 0 Å². The van der Waals surface area contributed by atoms with E-state index in [0.29, 0.717) is 18.1 Å². The molecule has 2 atom stereocenters. The van der Waals surface area contributed by atoms with E-state index in [4.69, 9.17) is 0 Å². The highest BCUT2D eigenvalue weighted by atomic mass is 16.1. The molecule has 0 aliphatic heterocycles. The Morgan fingerprint density at radius 3 is 2.90 bits per heavy atom. The van der Waals surface area contributed by atoms with Gasteiger partial charge in [-0.05, 0) is 54.7 Å². The van der Waals surface area contributed by atoms with Gasteiger partial charge in [0.1, 0.15) is 5.78 Å². The second-order valence-electron chi connectivity index (χ2n) is 7.27. The van der Waals surface area contributed by atoms with Crippen LogP contribution in [0.15, 0.2) is 29.8 Å². The number of rotatable bonds is 3. The van der Waals surface area contributed by atoms with Crippen LogP contribution in [0.1, 0.15) is 62.1 Å². The van der Waals surface area contributed by atoms with Crippen LogP contribution >= 0.6 is 0 Å². The van der Waals surface area contributed by atoms with Crippen LogP contribution < -0.4 is 0 Å². The Morgan fingerprint density at radius 2 is 2.19 bits per heavy atom. The minimum atomic E-state index is 0.164. The number of hydrogen-bond acceptors (Lipinski definition) is 1. The van der Waals surface area contributed by atoms with E-state index in [1.54, 1.807) is 5.57 Å². The Bertz CT molecular complexity index is 625. The summed E-state index contributed by atoms with van der Waals surface area (Å²) < 4.78 is 0. The van der Waals surface area contributed by atoms with Crippen LogP contribution in [-0.2, 0) is 23.1 Å². The van der Waals surface area contributed by atoms with E-state index in [1.807, 2.05) is 0 Å². The van der Waals surface area contributed by atoms with Gasteiger partial charge in [0.15, 0.2) is 0 Å². The van der Waals surface area contributed by atoms with Gasteiger partial charge in [-0.25, -0.2) is 0 Å². The molecule has 1 aromatic rings. The molecule has 4 rings (SSSR count). The van der Waals surface area contributed by atoms with Gasteiger partial charge in [-0.2, -0.15) is 0 Å². The van der Waals surface area contributed by atoms with Crippen molar-refractivity contribution in [2.24, 2.45) is 5.92 Å². The number of carbonyl (C=O) groups excluding carboxylic acids is 1. The van der Waals surface area contributed by atoms with E-state index in [0.717, 1.165) is 19.3 Å². The van der Waals surface area contributed by atoms with Gasteiger partial charge < -0.3 is 0 Å². The van der Waals surface area contributed by atoms with Crippen molar-refractivity contribution in [1.29, 1.82) is 0 Å². The van der Waals surface area contributed by atoms with Crippen LogP contribution in [0.3, 0.4) is 0 Å². The van der Waals surface area contributed by atoms with Crippen molar-refractivity contribution in [3.63, 3.8) is 0 Å². The molecule has 1 nitrogen and oxygen atoms in total. The van der Waals surface area contributed by atoms with Gasteiger partial charge in [-0.1, -0.05) is 43.2 Å². The molecule has 110 valence electrons. The lowest BCUT2D eigenvalue weighted by atomic mass is 9.61. The molecule has 2 unspecified atom stereocenters. The highest BCUT2D eigenvalue weighted by Crippen LogP contribution is 2.58. The van der Waals surface area contributed by atoms with Gasteiger partial charge in [0.25, 0.3) is 0 Å². The molecule has 0 amide bonds. The summed E-state index contributed by atoms with van der Waals surface area (Å²) in [6.45, 7) is 2.24. The van der Waals surface area contributed by atoms with Crippen molar-refractivity contribution >= 4 is 5.78 Å². The largest absolute Gasteiger partial charge is 0.299 e. The van der Waals surface area contributed by atoms with E-state index in [9.17, 15) is 4.79 Å². The number of hydrogen-bond donors (Lipinski definition) is 0. The van der Waals surface area contributed by atoms with Gasteiger partial charge in [0.05, 0.1) is 0 Å². The van der Waals surface area contributed by atoms with Gasteiger partial charge in [-0.3, -0.25) is 4.79 Å². The zero-order valence-corrected chi connectivity index (χ0v) is 13.0. The summed E-state index contributed by atoms with van der Waals surface area (Å²) in [5, 5.41) is 0. The van der Waals surface area contributed by atoms with Gasteiger partial charge in [0, 0.05) is 18.3 Å². The molecule has 21 heavy (non-hydrogen) atoms. The van der Waals surface area contributed by atoms with E-state index >= 15 is 0 Å². The summed E-state index contributed by atoms with van der Waals surface area (Å²) in [6, 6.07) is 6.83. The third-order valence-corrected chi connectivity index (χ3v) is 6.02. The number of carbonyl (C=O) groups is 1. The fraction of sp³-hybridized carbons (Fsp3) is 0.550. The van der Waals surface area contributed by atoms with Crippen molar-refractivity contribution < 1.29 is 4.79 Å². The van der Waals surface area contributed by atoms with Crippen LogP contribution in [0.5, 0.6) is 0 Å². The SMILES string of the molecule is CCCCc1cccc2c1CC(=O)CC21CC2=CCC1C2. The molecule has 0 aromatic heterocycles. The molecule has 3 aliphatic carbocycles. The predicted molar refractivity (Wildman–Crippen MR) is 85.5 cm³/mol. The predicted octanol–water partition coefficient (Wildman–Crippen LogP) is 4.52. The fourth-order valence-electron chi connectivity index (χ4n) is 5.05. The highest BCUT2D eigenvalue weighted by Gasteiger charge is 2.52. The number of ketones is 1. The smallest absolute Gasteiger partial charge is 0.138 e. The third kappa shape index (κ3) is 1.93. The van der Waals surface area contributed by atoms with E-state index in [-0.39, 0.29) is 5.41 Å². The Labute approximate surface area is 127 Å². The topological polar surface area (TPSA) is 17.1 Å². The molecule has 2 bridgehead atoms. The number of benzene rings is 1. The molecule has 0 saturated heterocycles. The molecule has 1 saturated carbocycles. The number of aryl methyl sites for hydroxylation is 1. The lowest BCUT2D eigenvalue weighted by Crippen LogP contribution is -2.39. The first-order chi connectivity index (χ1) is 10.2. The Kier molecular flexibility index (Phi) is 3.06. The second-order valence-corrected chi connectivity index (χ2v) is 7.27. The van der Waals surface area contributed by atoms with Crippen LogP contribution in [0.4, 0.5) is 0 Å². The van der Waals surface area contributed by atoms with Gasteiger partial charge in [-0.15, -0.1) is 0 Å². The normalized spacial score (nSPS) is 29.9. The molecule has 1 spiro atoms. The average Bonchev–Trinajstić information content (AvgIpc) is 3.06. The molecular weight excluding hydrogens is 256 g/mol. The monoisotopic (exact) mass is 280 g/mol. The summed E-state index contributed by atoms with van der Waals surface area (Å²) >= 11 is 0. The zero-order chi connectivity index (χ0) is 14.4. The average molecular weight is 280 g/mol. The number of Topliss-reactive ketones (excluding diaryl/α,β-unsaturated/α-hetero) is 1. The number of allylic oxidation sites excluding steroid dienone is 2. The summed E-state index contributed by atoms with van der Waals surface area (Å²) in [5.74, 6) is 1.16. The standard InChI is InChI=1S/C20H24O/c1-2-3-5-15-6-4-7-19-18(15)11-17(21)13-20(19)12-14-8-9-16(20)10-14/h4,6-8,16H,2-3,5,9-13H2,1H3. The Hall–Kier alpha value is -1.37. The van der Waals surface area contributed by atoms with E-state index in [2.05, 4.69) is 31.2 Å². The maximum absolute atomic E-state index is 12.5. The summed E-state index contributed by atoms with van der Waals surface area (Å²) in [6.07, 6.45) is 11.1. The van der Waals surface area contributed by atoms with Gasteiger partial charge >= 0.3 is 0 Å². The Morgan fingerprint density at radius 1 is 1.29 bits per heavy atom. The van der Waals surface area contributed by atoms with Crippen molar-refractivity contribution in [3.8, 4) is 0 Å². The molecule has 1 fully saturated rings. The first-order valence-electron chi connectivity index (χ1n) is 8.54. The maximum atomic E-state index is 12.5. The minimum absolute atomic E-state index is 0.164. The second kappa shape index (κ2) is 4.83. The lowest BCUT2D eigenvalue weighted by molar-refractivity contribution is -0.120. The van der Waals surface area contributed by atoms with Crippen LogP contribution in [0.2, 0.25) is 0 Å². The summed E-state index contributed by atoms with van der Waals surface area (Å²) in [5.41, 5.74) is 6.15. The molecule has 1 heteroatoms. The van der Waals surface area contributed by atoms with Crippen molar-refractivity contribution in [1.82, 2.24) is 0 Å². The first-order valence-corrected chi connectivity index (χ1v) is 8.54. The van der Waals surface area contributed by atoms with Crippen LogP contribution in [-0.4, -0.2) is 5.78 Å². The summed E-state index contributed by atoms with van der Waals surface area (Å²) in [4.78, 5) is 12.5. The molecule has 1 aromatic carbocycles. The molecule has 3 aliphatic rings. The van der Waals surface area contributed by atoms with Gasteiger partial charge in [0.2, 0.25) is 0 Å². The molecule has 0 heterocycles. The highest BCUT2D eigenvalue weighted by molar-refractivity contribution is 5.86. The maximum Gasteiger partial charge on any atom is 0.138 e. The zero-order valence-electron chi connectivity index (χ0n) is 13.0. The minimum Gasteiger partial charge on any atom is -0.299 e. The van der Waals surface area contributed by atoms with Crippen LogP contribution in [0, 0.1) is 5.92 Å². The van der Waals surface area contributed by atoms with Crippen LogP contribution in [0.25, 0.3) is 0 Å². The third-order valence-electron chi connectivity index (χ3n) is 6.02. The number of unbranched alkanes of at least 4 members (excludes halogenated alkanes) is 1. The number of fused-ring (bicyclic) bond motifs is 5. The van der Waals surface area contributed by atoms with E-state index < -0.39 is 0 Å². The summed E-state index contributed by atoms with van der Waals surface area (Å²) in [7, 11) is 0. The van der Waals surface area contributed by atoms with E-state index in [1.165, 1.54) is 42.4 Å². The lowest BCUT2D eigenvalue weighted by Gasteiger charge is -2.41.